The van der Waals surface area contributed by atoms with Gasteiger partial charge in [-0.2, -0.15) is 0 Å². The van der Waals surface area contributed by atoms with Crippen LogP contribution in [0.2, 0.25) is 0 Å². The van der Waals surface area contributed by atoms with Crippen molar-refractivity contribution >= 4 is 15.6 Å². The summed E-state index contributed by atoms with van der Waals surface area (Å²) in [5, 5.41) is -0.404. The van der Waals surface area contributed by atoms with Crippen LogP contribution in [0.4, 0.5) is 0 Å². The highest BCUT2D eigenvalue weighted by Crippen LogP contribution is 2.24. The molecule has 19 heavy (non-hydrogen) atoms. The van der Waals surface area contributed by atoms with Crippen LogP contribution in [0.3, 0.4) is 0 Å². The maximum atomic E-state index is 12.1. The molecule has 1 unspecified atom stereocenters. The molecule has 1 aromatic carbocycles. The summed E-state index contributed by atoms with van der Waals surface area (Å²) in [5.41, 5.74) is 1.03. The Morgan fingerprint density at radius 3 is 2.47 bits per heavy atom. The predicted molar refractivity (Wildman–Crippen MR) is 75.4 cm³/mol. The molecule has 0 aromatic heterocycles. The number of carbonyl (C=O) groups is 1. The van der Waals surface area contributed by atoms with Gasteiger partial charge in [-0.15, -0.1) is 0 Å². The molecule has 1 atom stereocenters. The number of benzene rings is 1. The molecule has 0 aliphatic rings. The number of hydrogen-bond donors (Lipinski definition) is 0. The Morgan fingerprint density at radius 2 is 2.00 bits per heavy atom. The molecule has 1 aromatic rings. The van der Waals surface area contributed by atoms with Crippen LogP contribution in [0.5, 0.6) is 5.75 Å². The fourth-order valence-corrected chi connectivity index (χ4v) is 3.17. The van der Waals surface area contributed by atoms with E-state index in [-0.39, 0.29) is 11.5 Å². The van der Waals surface area contributed by atoms with Gasteiger partial charge in [-0.3, -0.25) is 4.79 Å². The molecule has 0 aliphatic heterocycles. The van der Waals surface area contributed by atoms with Gasteiger partial charge in [0.05, 0.1) is 18.1 Å². The maximum Gasteiger partial charge on any atom is 0.159 e. The van der Waals surface area contributed by atoms with Crippen molar-refractivity contribution in [3.05, 3.63) is 29.3 Å². The number of ether oxygens (including phenoxy) is 1. The summed E-state index contributed by atoms with van der Waals surface area (Å²) in [4.78, 5) is 11.4. The van der Waals surface area contributed by atoms with E-state index in [2.05, 4.69) is 0 Å². The summed E-state index contributed by atoms with van der Waals surface area (Å²) in [5.74, 6) is 0.300. The van der Waals surface area contributed by atoms with E-state index in [1.165, 1.54) is 14.0 Å². The molecular formula is C14H20O4S. The third-order valence-electron chi connectivity index (χ3n) is 3.23. The molecule has 4 nitrogen and oxygen atoms in total. The van der Waals surface area contributed by atoms with Gasteiger partial charge in [0.2, 0.25) is 0 Å². The minimum Gasteiger partial charge on any atom is -0.496 e. The lowest BCUT2D eigenvalue weighted by atomic mass is 10.1. The second kappa shape index (κ2) is 6.19. The zero-order valence-electron chi connectivity index (χ0n) is 11.8. The molecule has 0 heterocycles. The van der Waals surface area contributed by atoms with E-state index >= 15 is 0 Å². The second-order valence-corrected chi connectivity index (χ2v) is 7.03. The van der Waals surface area contributed by atoms with Crippen molar-refractivity contribution < 1.29 is 17.9 Å². The maximum absolute atomic E-state index is 12.1. The lowest BCUT2D eigenvalue weighted by Crippen LogP contribution is -2.19. The molecule has 0 spiro atoms. The molecule has 106 valence electrons. The zero-order chi connectivity index (χ0) is 14.6. The molecule has 0 saturated heterocycles. The van der Waals surface area contributed by atoms with Gasteiger partial charge in [-0.1, -0.05) is 6.92 Å². The lowest BCUT2D eigenvalue weighted by Gasteiger charge is -2.13. The Hall–Kier alpha value is -1.36. The molecule has 0 N–H and O–H groups in total. The quantitative estimate of drug-likeness (QED) is 0.753. The molecule has 0 fully saturated rings. The minimum absolute atomic E-state index is 0.0927. The Morgan fingerprint density at radius 1 is 1.37 bits per heavy atom. The van der Waals surface area contributed by atoms with Crippen molar-refractivity contribution in [1.82, 2.24) is 0 Å². The predicted octanol–water partition coefficient (Wildman–Crippen LogP) is 2.61. The highest BCUT2D eigenvalue weighted by atomic mass is 32.2. The van der Waals surface area contributed by atoms with Crippen molar-refractivity contribution in [3.8, 4) is 5.75 Å². The number of Topliss-reactive ketones (excluding diaryl/α,β-unsaturated/α-hetero) is 1. The third kappa shape index (κ3) is 3.80. The van der Waals surface area contributed by atoms with Gasteiger partial charge in [-0.25, -0.2) is 8.42 Å². The van der Waals surface area contributed by atoms with Crippen molar-refractivity contribution in [2.24, 2.45) is 0 Å². The molecule has 0 bridgehead atoms. The van der Waals surface area contributed by atoms with Crippen LogP contribution in [0, 0.1) is 0 Å². The van der Waals surface area contributed by atoms with Crippen LogP contribution in [-0.2, 0) is 15.6 Å². The summed E-state index contributed by atoms with van der Waals surface area (Å²) in [6, 6.07) is 4.87. The number of ketones is 1. The number of carbonyl (C=O) groups excluding carboxylic acids is 1. The van der Waals surface area contributed by atoms with Crippen LogP contribution in [-0.4, -0.2) is 26.6 Å². The first-order valence-electron chi connectivity index (χ1n) is 6.21. The fourth-order valence-electron chi connectivity index (χ4n) is 1.72. The van der Waals surface area contributed by atoms with Crippen LogP contribution in [0.25, 0.3) is 0 Å². The number of methoxy groups -OCH3 is 1. The summed E-state index contributed by atoms with van der Waals surface area (Å²) in [6.45, 7) is 4.98. The van der Waals surface area contributed by atoms with Gasteiger partial charge in [-0.05, 0) is 38.5 Å². The van der Waals surface area contributed by atoms with Crippen LogP contribution >= 0.6 is 0 Å². The van der Waals surface area contributed by atoms with Crippen molar-refractivity contribution in [1.29, 1.82) is 0 Å². The molecule has 0 aliphatic carbocycles. The van der Waals surface area contributed by atoms with Gasteiger partial charge >= 0.3 is 0 Å². The highest BCUT2D eigenvalue weighted by molar-refractivity contribution is 7.91. The van der Waals surface area contributed by atoms with E-state index in [1.54, 1.807) is 25.1 Å². The Balaban J connectivity index is 3.18. The topological polar surface area (TPSA) is 60.4 Å². The van der Waals surface area contributed by atoms with Crippen molar-refractivity contribution in [3.63, 3.8) is 0 Å². The van der Waals surface area contributed by atoms with E-state index in [0.717, 1.165) is 0 Å². The largest absolute Gasteiger partial charge is 0.496 e. The van der Waals surface area contributed by atoms with Gasteiger partial charge in [0, 0.05) is 11.1 Å². The van der Waals surface area contributed by atoms with Crippen LogP contribution < -0.4 is 4.74 Å². The van der Waals surface area contributed by atoms with Gasteiger partial charge < -0.3 is 4.74 Å². The lowest BCUT2D eigenvalue weighted by molar-refractivity contribution is 0.101. The Kier molecular flexibility index (Phi) is 5.11. The SMILES string of the molecule is CCC(C)S(=O)(=O)Cc1cc(C(C)=O)ccc1OC. The van der Waals surface area contributed by atoms with Crippen LogP contribution in [0.15, 0.2) is 18.2 Å². The summed E-state index contributed by atoms with van der Waals surface area (Å²) >= 11 is 0. The molecule has 5 heteroatoms. The van der Waals surface area contributed by atoms with E-state index in [1.807, 2.05) is 6.92 Å². The van der Waals surface area contributed by atoms with E-state index in [9.17, 15) is 13.2 Å². The third-order valence-corrected chi connectivity index (χ3v) is 5.50. The average Bonchev–Trinajstić information content (AvgIpc) is 2.36. The second-order valence-electron chi connectivity index (χ2n) is 4.61. The zero-order valence-corrected chi connectivity index (χ0v) is 12.6. The van der Waals surface area contributed by atoms with Gasteiger partial charge in [0.25, 0.3) is 0 Å². The first-order chi connectivity index (χ1) is 8.81. The Bertz CT molecular complexity index is 561. The van der Waals surface area contributed by atoms with E-state index < -0.39 is 15.1 Å². The van der Waals surface area contributed by atoms with Crippen LogP contribution in [0.1, 0.15) is 43.1 Å². The summed E-state index contributed by atoms with van der Waals surface area (Å²) < 4.78 is 29.4. The summed E-state index contributed by atoms with van der Waals surface area (Å²) in [7, 11) is -1.74. The normalized spacial score (nSPS) is 13.1. The van der Waals surface area contributed by atoms with E-state index in [0.29, 0.717) is 23.3 Å². The number of rotatable bonds is 6. The molecule has 0 amide bonds. The Labute approximate surface area is 114 Å². The van der Waals surface area contributed by atoms with Gasteiger partial charge in [0.15, 0.2) is 15.6 Å². The number of sulfone groups is 1. The van der Waals surface area contributed by atoms with Crippen molar-refractivity contribution in [2.45, 2.75) is 38.2 Å². The average molecular weight is 284 g/mol. The minimum atomic E-state index is -3.23. The van der Waals surface area contributed by atoms with E-state index in [4.69, 9.17) is 4.74 Å². The first kappa shape index (κ1) is 15.7. The number of hydrogen-bond acceptors (Lipinski definition) is 4. The first-order valence-corrected chi connectivity index (χ1v) is 7.92. The highest BCUT2D eigenvalue weighted by Gasteiger charge is 2.22. The standard InChI is InChI=1S/C14H20O4S/c1-5-10(2)19(16,17)9-13-8-12(11(3)15)6-7-14(13)18-4/h6-8,10H,5,9H2,1-4H3. The molecule has 0 saturated carbocycles. The fraction of sp³-hybridized carbons (Fsp3) is 0.500. The monoisotopic (exact) mass is 284 g/mol. The molecule has 1 rings (SSSR count). The molecule has 0 radical (unpaired) electrons. The molecular weight excluding hydrogens is 264 g/mol. The van der Waals surface area contributed by atoms with Crippen molar-refractivity contribution in [2.75, 3.05) is 7.11 Å². The summed E-state index contributed by atoms with van der Waals surface area (Å²) in [6.07, 6.45) is 0.567. The van der Waals surface area contributed by atoms with Gasteiger partial charge in [0.1, 0.15) is 5.75 Å². The smallest absolute Gasteiger partial charge is 0.159 e.